The van der Waals surface area contributed by atoms with Crippen molar-refractivity contribution in [2.24, 2.45) is 0 Å². The number of rotatable bonds is 2. The van der Waals surface area contributed by atoms with Gasteiger partial charge in [0.25, 0.3) is 5.56 Å². The zero-order chi connectivity index (χ0) is 10.7. The molecule has 1 aliphatic heterocycles. The maximum absolute atomic E-state index is 11.5. The van der Waals surface area contributed by atoms with E-state index in [1.54, 1.807) is 22.9 Å². The summed E-state index contributed by atoms with van der Waals surface area (Å²) in [6, 6.07) is 3.30. The molecule has 1 aliphatic rings. The third kappa shape index (κ3) is 2.90. The zero-order valence-electron chi connectivity index (χ0n) is 8.28. The third-order valence-electron chi connectivity index (χ3n) is 2.35. The van der Waals surface area contributed by atoms with Crippen LogP contribution in [0.5, 0.6) is 0 Å². The van der Waals surface area contributed by atoms with E-state index in [9.17, 15) is 4.79 Å². The van der Waals surface area contributed by atoms with Gasteiger partial charge in [0.05, 0.1) is 19.3 Å². The lowest BCUT2D eigenvalue weighted by molar-refractivity contribution is 0.0176. The Morgan fingerprint density at radius 3 is 3.20 bits per heavy atom. The van der Waals surface area contributed by atoms with Gasteiger partial charge in [-0.05, 0) is 22.0 Å². The molecule has 15 heavy (non-hydrogen) atoms. The predicted molar refractivity (Wildman–Crippen MR) is 61.0 cm³/mol. The van der Waals surface area contributed by atoms with Gasteiger partial charge >= 0.3 is 0 Å². The molecule has 5 heteroatoms. The Kier molecular flexibility index (Phi) is 3.56. The number of nitrogens with one attached hydrogen (secondary N) is 1. The van der Waals surface area contributed by atoms with Crippen LogP contribution in [-0.4, -0.2) is 30.4 Å². The molecule has 2 rings (SSSR count). The first-order valence-electron chi connectivity index (χ1n) is 4.94. The smallest absolute Gasteiger partial charge is 0.250 e. The molecule has 1 fully saturated rings. The van der Waals surface area contributed by atoms with Crippen LogP contribution in [0.2, 0.25) is 0 Å². The number of ether oxygens (including phenoxy) is 1. The van der Waals surface area contributed by atoms with Crippen molar-refractivity contribution in [2.45, 2.75) is 12.6 Å². The number of nitrogens with zero attached hydrogens (tertiary/aromatic N) is 1. The normalized spacial score (nSPS) is 21.5. The minimum Gasteiger partial charge on any atom is -0.374 e. The summed E-state index contributed by atoms with van der Waals surface area (Å²) in [7, 11) is 0. The van der Waals surface area contributed by atoms with Crippen molar-refractivity contribution in [3.05, 3.63) is 33.2 Å². The molecule has 0 spiro atoms. The summed E-state index contributed by atoms with van der Waals surface area (Å²) in [6.45, 7) is 3.02. The molecule has 0 aliphatic carbocycles. The van der Waals surface area contributed by atoms with Crippen molar-refractivity contribution in [1.82, 2.24) is 9.88 Å². The van der Waals surface area contributed by atoms with Crippen LogP contribution in [-0.2, 0) is 11.3 Å². The van der Waals surface area contributed by atoms with Gasteiger partial charge in [-0.3, -0.25) is 4.79 Å². The lowest BCUT2D eigenvalue weighted by Gasteiger charge is -2.24. The van der Waals surface area contributed by atoms with Gasteiger partial charge in [-0.2, -0.15) is 0 Å². The molecule has 1 aromatic rings. The molecule has 0 aromatic carbocycles. The Hall–Kier alpha value is -0.650. The molecular formula is C10H13BrN2O2. The van der Waals surface area contributed by atoms with Crippen molar-refractivity contribution in [2.75, 3.05) is 19.7 Å². The molecule has 0 bridgehead atoms. The Bertz CT molecular complexity index is 385. The molecule has 1 unspecified atom stereocenters. The van der Waals surface area contributed by atoms with Gasteiger partial charge in [0.1, 0.15) is 0 Å². The highest BCUT2D eigenvalue weighted by Crippen LogP contribution is 2.06. The lowest BCUT2D eigenvalue weighted by atomic mass is 10.3. The average molecular weight is 273 g/mol. The molecule has 0 amide bonds. The Morgan fingerprint density at radius 2 is 2.47 bits per heavy atom. The van der Waals surface area contributed by atoms with Crippen LogP contribution in [0.25, 0.3) is 0 Å². The number of hydrogen-bond donors (Lipinski definition) is 1. The molecule has 0 radical (unpaired) electrons. The Balaban J connectivity index is 2.09. The van der Waals surface area contributed by atoms with Gasteiger partial charge in [0.2, 0.25) is 0 Å². The fraction of sp³-hybridized carbons (Fsp3) is 0.500. The molecule has 1 saturated heterocycles. The van der Waals surface area contributed by atoms with E-state index in [2.05, 4.69) is 21.2 Å². The van der Waals surface area contributed by atoms with Crippen molar-refractivity contribution in [1.29, 1.82) is 0 Å². The third-order valence-corrected chi connectivity index (χ3v) is 2.82. The fourth-order valence-corrected chi connectivity index (χ4v) is 1.98. The van der Waals surface area contributed by atoms with Gasteiger partial charge < -0.3 is 14.6 Å². The van der Waals surface area contributed by atoms with Gasteiger partial charge in [-0.25, -0.2) is 0 Å². The van der Waals surface area contributed by atoms with E-state index in [-0.39, 0.29) is 11.7 Å². The van der Waals surface area contributed by atoms with Gasteiger partial charge in [0, 0.05) is 29.8 Å². The van der Waals surface area contributed by atoms with Crippen molar-refractivity contribution in [3.8, 4) is 0 Å². The molecule has 1 atom stereocenters. The monoisotopic (exact) mass is 272 g/mol. The molecule has 2 heterocycles. The number of pyridine rings is 1. The summed E-state index contributed by atoms with van der Waals surface area (Å²) >= 11 is 3.34. The highest BCUT2D eigenvalue weighted by Gasteiger charge is 2.14. The van der Waals surface area contributed by atoms with E-state index in [4.69, 9.17) is 4.74 Å². The van der Waals surface area contributed by atoms with Crippen LogP contribution in [0.15, 0.2) is 27.6 Å². The standard InChI is InChI=1S/C10H13BrN2O2/c11-8-1-2-10(14)13(6-8)7-9-5-12-3-4-15-9/h1-2,6,9,12H,3-5,7H2. The summed E-state index contributed by atoms with van der Waals surface area (Å²) in [6.07, 6.45) is 1.88. The zero-order valence-corrected chi connectivity index (χ0v) is 9.87. The van der Waals surface area contributed by atoms with Crippen molar-refractivity contribution in [3.63, 3.8) is 0 Å². The highest BCUT2D eigenvalue weighted by atomic mass is 79.9. The summed E-state index contributed by atoms with van der Waals surface area (Å²) in [4.78, 5) is 11.5. The second-order valence-corrected chi connectivity index (χ2v) is 4.45. The van der Waals surface area contributed by atoms with Crippen LogP contribution in [0.1, 0.15) is 0 Å². The molecule has 1 aromatic heterocycles. The van der Waals surface area contributed by atoms with Gasteiger partial charge in [0.15, 0.2) is 0 Å². The minimum atomic E-state index is 0.00683. The lowest BCUT2D eigenvalue weighted by Crippen LogP contribution is -2.42. The molecular weight excluding hydrogens is 260 g/mol. The first-order valence-corrected chi connectivity index (χ1v) is 5.73. The summed E-state index contributed by atoms with van der Waals surface area (Å²) in [5.41, 5.74) is 0.00683. The number of halogens is 1. The minimum absolute atomic E-state index is 0.00683. The van der Waals surface area contributed by atoms with E-state index in [1.165, 1.54) is 0 Å². The average Bonchev–Trinajstić information content (AvgIpc) is 2.25. The SMILES string of the molecule is O=c1ccc(Br)cn1CC1CNCCO1. The number of morpholine rings is 1. The predicted octanol–water partition coefficient (Wildman–Crippen LogP) is 0.599. The van der Waals surface area contributed by atoms with E-state index in [0.29, 0.717) is 13.2 Å². The second-order valence-electron chi connectivity index (χ2n) is 3.53. The maximum atomic E-state index is 11.5. The first-order chi connectivity index (χ1) is 7.25. The Morgan fingerprint density at radius 1 is 1.60 bits per heavy atom. The molecule has 1 N–H and O–H groups in total. The second kappa shape index (κ2) is 4.92. The highest BCUT2D eigenvalue weighted by molar-refractivity contribution is 9.10. The van der Waals surface area contributed by atoms with E-state index in [0.717, 1.165) is 17.6 Å². The van der Waals surface area contributed by atoms with Gasteiger partial charge in [-0.1, -0.05) is 0 Å². The number of aromatic nitrogens is 1. The first kappa shape index (κ1) is 10.9. The Labute approximate surface area is 96.4 Å². The van der Waals surface area contributed by atoms with Crippen LogP contribution < -0.4 is 10.9 Å². The van der Waals surface area contributed by atoms with Crippen LogP contribution in [0.4, 0.5) is 0 Å². The molecule has 4 nitrogen and oxygen atoms in total. The van der Waals surface area contributed by atoms with Crippen molar-refractivity contribution < 1.29 is 4.74 Å². The number of hydrogen-bond acceptors (Lipinski definition) is 3. The van der Waals surface area contributed by atoms with E-state index >= 15 is 0 Å². The van der Waals surface area contributed by atoms with E-state index < -0.39 is 0 Å². The van der Waals surface area contributed by atoms with Crippen LogP contribution >= 0.6 is 15.9 Å². The van der Waals surface area contributed by atoms with Crippen LogP contribution in [0, 0.1) is 0 Å². The fourth-order valence-electron chi connectivity index (χ4n) is 1.60. The quantitative estimate of drug-likeness (QED) is 0.858. The summed E-state index contributed by atoms with van der Waals surface area (Å²) < 4.78 is 8.12. The summed E-state index contributed by atoms with van der Waals surface area (Å²) in [5.74, 6) is 0. The maximum Gasteiger partial charge on any atom is 0.250 e. The van der Waals surface area contributed by atoms with Crippen molar-refractivity contribution >= 4 is 15.9 Å². The van der Waals surface area contributed by atoms with Gasteiger partial charge in [-0.15, -0.1) is 0 Å². The van der Waals surface area contributed by atoms with E-state index in [1.807, 2.05) is 0 Å². The van der Waals surface area contributed by atoms with Crippen LogP contribution in [0.3, 0.4) is 0 Å². The topological polar surface area (TPSA) is 43.3 Å². The molecule has 82 valence electrons. The summed E-state index contributed by atoms with van der Waals surface area (Å²) in [5, 5.41) is 3.24. The molecule has 0 saturated carbocycles. The largest absolute Gasteiger partial charge is 0.374 e.